The number of anilines is 3. The van der Waals surface area contributed by atoms with Gasteiger partial charge in [-0.05, 0) is 48.9 Å². The molecule has 5 nitrogen and oxygen atoms in total. The van der Waals surface area contributed by atoms with E-state index in [0.717, 1.165) is 35.3 Å². The zero-order chi connectivity index (χ0) is 17.1. The maximum Gasteiger partial charge on any atom is 0.227 e. The number of rotatable bonds is 5. The lowest BCUT2D eigenvalue weighted by Crippen LogP contribution is -2.23. The Morgan fingerprint density at radius 1 is 1.17 bits per heavy atom. The summed E-state index contributed by atoms with van der Waals surface area (Å²) in [6.45, 7) is 0.741. The highest BCUT2D eigenvalue weighted by molar-refractivity contribution is 8.01. The molecule has 1 amide bonds. The predicted octanol–water partition coefficient (Wildman–Crippen LogP) is 4.99. The van der Waals surface area contributed by atoms with Gasteiger partial charge in [0.15, 0.2) is 0 Å². The molecule has 2 aromatic rings. The number of amides is 1. The Labute approximate surface area is 154 Å². The van der Waals surface area contributed by atoms with Crippen molar-refractivity contribution in [2.24, 2.45) is 0 Å². The number of benzene rings is 2. The van der Waals surface area contributed by atoms with E-state index in [-0.39, 0.29) is 5.91 Å². The fourth-order valence-corrected chi connectivity index (χ4v) is 3.38. The van der Waals surface area contributed by atoms with Crippen LogP contribution in [0.2, 0.25) is 10.0 Å². The fraction of sp³-hybridized carbons (Fsp3) is 0.188. The number of hydrogen-bond acceptors (Lipinski definition) is 5. The van der Waals surface area contributed by atoms with Gasteiger partial charge in [0.25, 0.3) is 0 Å². The van der Waals surface area contributed by atoms with Gasteiger partial charge in [0, 0.05) is 23.7 Å². The summed E-state index contributed by atoms with van der Waals surface area (Å²) in [4.78, 5) is 13.5. The molecule has 1 saturated heterocycles. The van der Waals surface area contributed by atoms with Crippen LogP contribution < -0.4 is 14.1 Å². The van der Waals surface area contributed by atoms with Gasteiger partial charge in [-0.3, -0.25) is 10.0 Å². The average Bonchev–Trinajstić information content (AvgIpc) is 3.01. The molecular weight excluding hydrogens is 369 g/mol. The Bertz CT molecular complexity index is 743. The van der Waals surface area contributed by atoms with Gasteiger partial charge in [-0.15, -0.1) is 0 Å². The van der Waals surface area contributed by atoms with E-state index in [0.29, 0.717) is 27.8 Å². The molecule has 0 radical (unpaired) electrons. The van der Waals surface area contributed by atoms with Crippen molar-refractivity contribution < 1.29 is 10.0 Å². The van der Waals surface area contributed by atoms with Gasteiger partial charge < -0.3 is 9.62 Å². The van der Waals surface area contributed by atoms with Crippen LogP contribution in [0.1, 0.15) is 12.8 Å². The number of nitrogens with one attached hydrogen (secondary N) is 1. The molecule has 0 unspecified atom stereocenters. The number of carbonyl (C=O) groups is 1. The Balaban J connectivity index is 1.63. The molecule has 2 N–H and O–H groups in total. The van der Waals surface area contributed by atoms with E-state index in [1.165, 1.54) is 0 Å². The van der Waals surface area contributed by atoms with Crippen LogP contribution in [-0.4, -0.2) is 17.7 Å². The second-order valence-corrected chi connectivity index (χ2v) is 6.83. The number of carbonyl (C=O) groups excluding carboxylic acids is 1. The predicted molar refractivity (Wildman–Crippen MR) is 100.0 cm³/mol. The van der Waals surface area contributed by atoms with Gasteiger partial charge >= 0.3 is 0 Å². The van der Waals surface area contributed by atoms with E-state index >= 15 is 0 Å². The maximum atomic E-state index is 11.7. The SMILES string of the molecule is O=C1CCCN1c1ccc(N(O)SNc2cc(Cl)ccc2Cl)cc1. The van der Waals surface area contributed by atoms with Crippen molar-refractivity contribution >= 4 is 58.3 Å². The zero-order valence-corrected chi connectivity index (χ0v) is 14.9. The molecule has 1 heterocycles. The summed E-state index contributed by atoms with van der Waals surface area (Å²) in [5.74, 6) is 0.134. The summed E-state index contributed by atoms with van der Waals surface area (Å²) in [7, 11) is 0. The summed E-state index contributed by atoms with van der Waals surface area (Å²) in [6.07, 6.45) is 1.47. The van der Waals surface area contributed by atoms with Gasteiger partial charge in [0.1, 0.15) is 0 Å². The Morgan fingerprint density at radius 3 is 2.58 bits per heavy atom. The fourth-order valence-electron chi connectivity index (χ4n) is 2.40. The molecule has 8 heteroatoms. The first-order chi connectivity index (χ1) is 11.5. The van der Waals surface area contributed by atoms with Crippen LogP contribution in [0.5, 0.6) is 0 Å². The molecule has 0 saturated carbocycles. The average molecular weight is 384 g/mol. The molecule has 0 spiro atoms. The van der Waals surface area contributed by atoms with E-state index in [1.54, 1.807) is 35.2 Å². The molecule has 0 aromatic heterocycles. The maximum absolute atomic E-state index is 11.7. The van der Waals surface area contributed by atoms with E-state index in [1.807, 2.05) is 12.1 Å². The Hall–Kier alpha value is -1.60. The molecule has 3 rings (SSSR count). The summed E-state index contributed by atoms with van der Waals surface area (Å²) in [5.41, 5.74) is 2.01. The van der Waals surface area contributed by atoms with Crippen molar-refractivity contribution in [2.45, 2.75) is 12.8 Å². The number of nitrogens with zero attached hydrogens (tertiary/aromatic N) is 2. The van der Waals surface area contributed by atoms with Crippen LogP contribution in [0.25, 0.3) is 0 Å². The van der Waals surface area contributed by atoms with Gasteiger partial charge in [-0.25, -0.2) is 0 Å². The molecule has 1 aliphatic heterocycles. The Kier molecular flexibility index (Phi) is 5.40. The summed E-state index contributed by atoms with van der Waals surface area (Å²) in [5, 5.41) is 11.2. The van der Waals surface area contributed by atoms with Crippen LogP contribution >= 0.6 is 35.3 Å². The summed E-state index contributed by atoms with van der Waals surface area (Å²) < 4.78 is 3.92. The highest BCUT2D eigenvalue weighted by atomic mass is 35.5. The second-order valence-electron chi connectivity index (χ2n) is 5.26. The van der Waals surface area contributed by atoms with Crippen molar-refractivity contribution in [2.75, 3.05) is 20.6 Å². The summed E-state index contributed by atoms with van der Waals surface area (Å²) in [6, 6.07) is 12.2. The monoisotopic (exact) mass is 383 g/mol. The lowest BCUT2D eigenvalue weighted by atomic mass is 10.2. The number of halogens is 2. The van der Waals surface area contributed by atoms with Crippen LogP contribution in [0.3, 0.4) is 0 Å². The third-order valence-electron chi connectivity index (χ3n) is 3.63. The molecule has 0 aliphatic carbocycles. The van der Waals surface area contributed by atoms with E-state index < -0.39 is 0 Å². The minimum Gasteiger partial charge on any atom is -0.312 e. The van der Waals surface area contributed by atoms with Gasteiger partial charge in [-0.2, -0.15) is 4.47 Å². The van der Waals surface area contributed by atoms with E-state index in [4.69, 9.17) is 23.2 Å². The molecular formula is C16H15Cl2N3O2S. The largest absolute Gasteiger partial charge is 0.312 e. The van der Waals surface area contributed by atoms with Crippen LogP contribution in [0.4, 0.5) is 17.1 Å². The second kappa shape index (κ2) is 7.53. The highest BCUT2D eigenvalue weighted by Gasteiger charge is 2.21. The van der Waals surface area contributed by atoms with Gasteiger partial charge in [0.05, 0.1) is 28.5 Å². The van der Waals surface area contributed by atoms with Crippen LogP contribution in [0, 0.1) is 0 Å². The molecule has 2 aromatic carbocycles. The van der Waals surface area contributed by atoms with Gasteiger partial charge in [0.2, 0.25) is 5.91 Å². The number of hydrogen-bond donors (Lipinski definition) is 2. The van der Waals surface area contributed by atoms with Crippen LogP contribution in [0.15, 0.2) is 42.5 Å². The first-order valence-corrected chi connectivity index (χ1v) is 8.85. The third-order valence-corrected chi connectivity index (χ3v) is 4.89. The van der Waals surface area contributed by atoms with Crippen molar-refractivity contribution in [1.82, 2.24) is 0 Å². The highest BCUT2D eigenvalue weighted by Crippen LogP contribution is 2.30. The van der Waals surface area contributed by atoms with Gasteiger partial charge in [-0.1, -0.05) is 23.2 Å². The smallest absolute Gasteiger partial charge is 0.227 e. The topological polar surface area (TPSA) is 55.8 Å². The molecule has 0 atom stereocenters. The van der Waals surface area contributed by atoms with Crippen molar-refractivity contribution in [1.29, 1.82) is 0 Å². The summed E-state index contributed by atoms with van der Waals surface area (Å²) >= 11 is 12.9. The first kappa shape index (κ1) is 17.2. The van der Waals surface area contributed by atoms with Crippen LogP contribution in [-0.2, 0) is 4.79 Å². The minimum atomic E-state index is 0.134. The normalized spacial score (nSPS) is 14.1. The van der Waals surface area contributed by atoms with E-state index in [9.17, 15) is 10.0 Å². The third kappa shape index (κ3) is 3.89. The Morgan fingerprint density at radius 2 is 1.92 bits per heavy atom. The lowest BCUT2D eigenvalue weighted by Gasteiger charge is -2.19. The first-order valence-electron chi connectivity index (χ1n) is 7.32. The lowest BCUT2D eigenvalue weighted by molar-refractivity contribution is -0.117. The van der Waals surface area contributed by atoms with Crippen molar-refractivity contribution in [3.8, 4) is 0 Å². The standard InChI is InChI=1S/C16H15Cl2N3O2S/c17-11-3-8-14(18)15(10-11)19-24-21(23)13-6-4-12(5-7-13)20-9-1-2-16(20)22/h3-8,10,19,23H,1-2,9H2. The zero-order valence-electron chi connectivity index (χ0n) is 12.6. The quantitative estimate of drug-likeness (QED) is 0.562. The molecule has 24 heavy (non-hydrogen) atoms. The van der Waals surface area contributed by atoms with Crippen molar-refractivity contribution in [3.63, 3.8) is 0 Å². The van der Waals surface area contributed by atoms with E-state index in [2.05, 4.69) is 4.72 Å². The minimum absolute atomic E-state index is 0.134. The van der Waals surface area contributed by atoms with Crippen molar-refractivity contribution in [3.05, 3.63) is 52.5 Å². The molecule has 1 aliphatic rings. The molecule has 1 fully saturated rings. The molecule has 126 valence electrons. The molecule has 0 bridgehead atoms.